The molecule has 92 valence electrons. The van der Waals surface area contributed by atoms with Crippen LogP contribution in [0.15, 0.2) is 18.2 Å². The molecule has 1 aromatic rings. The van der Waals surface area contributed by atoms with E-state index in [0.29, 0.717) is 23.7 Å². The molecule has 5 heteroatoms. The van der Waals surface area contributed by atoms with Gasteiger partial charge >= 0.3 is 0 Å². The van der Waals surface area contributed by atoms with Crippen LogP contribution < -0.4 is 14.8 Å². The minimum atomic E-state index is -0.230. The van der Waals surface area contributed by atoms with Gasteiger partial charge in [0.05, 0.1) is 6.61 Å². The standard InChI is InChI=1S/C12H15NO4/c1-3-16-11-6-9(7-14)4-5-10(11)17-8-12(15)13-2/h4-7H,3,8H2,1-2H3,(H,13,15). The van der Waals surface area contributed by atoms with E-state index < -0.39 is 0 Å². The van der Waals surface area contributed by atoms with Crippen LogP contribution in [0.25, 0.3) is 0 Å². The molecule has 0 aliphatic rings. The second kappa shape index (κ2) is 6.52. The Morgan fingerprint density at radius 2 is 2.12 bits per heavy atom. The van der Waals surface area contributed by atoms with Gasteiger partial charge < -0.3 is 14.8 Å². The first-order valence-electron chi connectivity index (χ1n) is 5.26. The minimum absolute atomic E-state index is 0.0863. The summed E-state index contributed by atoms with van der Waals surface area (Å²) in [7, 11) is 1.53. The number of amides is 1. The van der Waals surface area contributed by atoms with Crippen molar-refractivity contribution in [1.29, 1.82) is 0 Å². The molecule has 5 nitrogen and oxygen atoms in total. The van der Waals surface area contributed by atoms with Gasteiger partial charge in [0.2, 0.25) is 0 Å². The van der Waals surface area contributed by atoms with Crippen LogP contribution in [-0.2, 0) is 4.79 Å². The lowest BCUT2D eigenvalue weighted by Crippen LogP contribution is -2.24. The monoisotopic (exact) mass is 237 g/mol. The zero-order valence-corrected chi connectivity index (χ0v) is 9.86. The Balaban J connectivity index is 2.82. The lowest BCUT2D eigenvalue weighted by molar-refractivity contribution is -0.122. The lowest BCUT2D eigenvalue weighted by Gasteiger charge is -2.11. The third-order valence-corrected chi connectivity index (χ3v) is 2.04. The van der Waals surface area contributed by atoms with Crippen molar-refractivity contribution >= 4 is 12.2 Å². The van der Waals surface area contributed by atoms with E-state index in [9.17, 15) is 9.59 Å². The molecule has 1 N–H and O–H groups in total. The number of hydrogen-bond acceptors (Lipinski definition) is 4. The van der Waals surface area contributed by atoms with Crippen molar-refractivity contribution in [2.45, 2.75) is 6.92 Å². The van der Waals surface area contributed by atoms with Crippen molar-refractivity contribution in [2.75, 3.05) is 20.3 Å². The van der Waals surface area contributed by atoms with E-state index in [4.69, 9.17) is 9.47 Å². The summed E-state index contributed by atoms with van der Waals surface area (Å²) in [6.07, 6.45) is 0.727. The van der Waals surface area contributed by atoms with Crippen molar-refractivity contribution in [2.24, 2.45) is 0 Å². The summed E-state index contributed by atoms with van der Waals surface area (Å²) in [6, 6.07) is 4.79. The summed E-state index contributed by atoms with van der Waals surface area (Å²) in [5.41, 5.74) is 0.501. The van der Waals surface area contributed by atoms with Crippen LogP contribution in [0.1, 0.15) is 17.3 Å². The molecule has 0 aromatic heterocycles. The Labute approximate surface area is 99.7 Å². The molecule has 1 rings (SSSR count). The maximum Gasteiger partial charge on any atom is 0.257 e. The molecule has 0 spiro atoms. The van der Waals surface area contributed by atoms with E-state index in [1.807, 2.05) is 6.92 Å². The van der Waals surface area contributed by atoms with E-state index in [2.05, 4.69) is 5.32 Å². The van der Waals surface area contributed by atoms with Crippen molar-refractivity contribution in [3.63, 3.8) is 0 Å². The number of carbonyl (C=O) groups is 2. The van der Waals surface area contributed by atoms with Crippen LogP contribution in [0.2, 0.25) is 0 Å². The van der Waals surface area contributed by atoms with Gasteiger partial charge in [0.25, 0.3) is 5.91 Å². The highest BCUT2D eigenvalue weighted by molar-refractivity contribution is 5.78. The number of hydrogen-bond donors (Lipinski definition) is 1. The van der Waals surface area contributed by atoms with Gasteiger partial charge in [-0.1, -0.05) is 0 Å². The Hall–Kier alpha value is -2.04. The maximum absolute atomic E-state index is 11.0. The number of ether oxygens (including phenoxy) is 2. The fourth-order valence-corrected chi connectivity index (χ4v) is 1.20. The van der Waals surface area contributed by atoms with E-state index in [1.165, 1.54) is 7.05 Å². The van der Waals surface area contributed by atoms with Gasteiger partial charge in [0, 0.05) is 12.6 Å². The number of likely N-dealkylation sites (N-methyl/N-ethyl adjacent to an activating group) is 1. The smallest absolute Gasteiger partial charge is 0.257 e. The second-order valence-electron chi connectivity index (χ2n) is 3.22. The Bertz CT molecular complexity index is 403. The first-order valence-corrected chi connectivity index (χ1v) is 5.26. The molecule has 0 radical (unpaired) electrons. The van der Waals surface area contributed by atoms with Gasteiger partial charge in [-0.2, -0.15) is 0 Å². The zero-order chi connectivity index (χ0) is 12.7. The van der Waals surface area contributed by atoms with Crippen LogP contribution >= 0.6 is 0 Å². The van der Waals surface area contributed by atoms with Crippen LogP contribution in [-0.4, -0.2) is 32.5 Å². The molecule has 1 amide bonds. The molecule has 0 fully saturated rings. The van der Waals surface area contributed by atoms with Crippen molar-refractivity contribution < 1.29 is 19.1 Å². The fraction of sp³-hybridized carbons (Fsp3) is 0.333. The summed E-state index contributed by atoms with van der Waals surface area (Å²) >= 11 is 0. The number of rotatable bonds is 6. The molecular weight excluding hydrogens is 222 g/mol. The number of nitrogens with one attached hydrogen (secondary N) is 1. The molecular formula is C12H15NO4. The fourth-order valence-electron chi connectivity index (χ4n) is 1.20. The van der Waals surface area contributed by atoms with Crippen LogP contribution in [0, 0.1) is 0 Å². The molecule has 0 atom stereocenters. The average Bonchev–Trinajstić information content (AvgIpc) is 2.37. The Morgan fingerprint density at radius 3 is 2.71 bits per heavy atom. The predicted octanol–water partition coefficient (Wildman–Crippen LogP) is 1.02. The number of benzene rings is 1. The Morgan fingerprint density at radius 1 is 1.35 bits per heavy atom. The van der Waals surface area contributed by atoms with E-state index in [-0.39, 0.29) is 12.5 Å². The highest BCUT2D eigenvalue weighted by Gasteiger charge is 2.08. The molecule has 17 heavy (non-hydrogen) atoms. The molecule has 0 heterocycles. The van der Waals surface area contributed by atoms with Gasteiger partial charge in [0.15, 0.2) is 18.1 Å². The number of carbonyl (C=O) groups excluding carboxylic acids is 2. The van der Waals surface area contributed by atoms with Crippen LogP contribution in [0.3, 0.4) is 0 Å². The van der Waals surface area contributed by atoms with Crippen molar-refractivity contribution in [3.05, 3.63) is 23.8 Å². The SMILES string of the molecule is CCOc1cc(C=O)ccc1OCC(=O)NC. The van der Waals surface area contributed by atoms with Gasteiger partial charge in [-0.25, -0.2) is 0 Å². The first-order chi connectivity index (χ1) is 8.21. The van der Waals surface area contributed by atoms with Crippen LogP contribution in [0.4, 0.5) is 0 Å². The minimum Gasteiger partial charge on any atom is -0.490 e. The molecule has 0 bridgehead atoms. The molecule has 0 aliphatic heterocycles. The van der Waals surface area contributed by atoms with E-state index in [0.717, 1.165) is 6.29 Å². The third kappa shape index (κ3) is 3.79. The summed E-state index contributed by atoms with van der Waals surface area (Å²) in [5.74, 6) is 0.675. The molecule has 0 saturated carbocycles. The van der Waals surface area contributed by atoms with E-state index >= 15 is 0 Å². The molecule has 1 aromatic carbocycles. The van der Waals surface area contributed by atoms with Gasteiger partial charge in [-0.15, -0.1) is 0 Å². The summed E-state index contributed by atoms with van der Waals surface area (Å²) in [5, 5.41) is 2.45. The predicted molar refractivity (Wildman–Crippen MR) is 62.6 cm³/mol. The summed E-state index contributed by atoms with van der Waals surface area (Å²) in [6.45, 7) is 2.20. The topological polar surface area (TPSA) is 64.6 Å². The average molecular weight is 237 g/mol. The number of aldehydes is 1. The second-order valence-corrected chi connectivity index (χ2v) is 3.22. The lowest BCUT2D eigenvalue weighted by atomic mass is 10.2. The summed E-state index contributed by atoms with van der Waals surface area (Å²) < 4.78 is 10.6. The summed E-state index contributed by atoms with van der Waals surface area (Å²) in [4.78, 5) is 21.7. The third-order valence-electron chi connectivity index (χ3n) is 2.04. The van der Waals surface area contributed by atoms with Crippen molar-refractivity contribution in [1.82, 2.24) is 5.32 Å². The molecule has 0 saturated heterocycles. The first kappa shape index (κ1) is 13.0. The maximum atomic E-state index is 11.0. The zero-order valence-electron chi connectivity index (χ0n) is 9.86. The van der Waals surface area contributed by atoms with Gasteiger partial charge in [0.1, 0.15) is 6.29 Å². The largest absolute Gasteiger partial charge is 0.490 e. The van der Waals surface area contributed by atoms with Crippen LogP contribution in [0.5, 0.6) is 11.5 Å². The Kier molecular flexibility index (Phi) is 5.00. The normalized spacial score (nSPS) is 9.53. The quantitative estimate of drug-likeness (QED) is 0.750. The highest BCUT2D eigenvalue weighted by atomic mass is 16.5. The van der Waals surface area contributed by atoms with Crippen molar-refractivity contribution in [3.8, 4) is 11.5 Å². The van der Waals surface area contributed by atoms with Gasteiger partial charge in [-0.05, 0) is 25.1 Å². The highest BCUT2D eigenvalue weighted by Crippen LogP contribution is 2.27. The van der Waals surface area contributed by atoms with E-state index in [1.54, 1.807) is 18.2 Å². The molecule has 0 aliphatic carbocycles. The molecule has 0 unspecified atom stereocenters. The van der Waals surface area contributed by atoms with Gasteiger partial charge in [-0.3, -0.25) is 9.59 Å².